The van der Waals surface area contributed by atoms with Crippen LogP contribution in [-0.4, -0.2) is 11.9 Å². The van der Waals surface area contributed by atoms with Gasteiger partial charge in [-0.1, -0.05) is 12.1 Å². The van der Waals surface area contributed by atoms with Crippen LogP contribution in [0.25, 0.3) is 11.3 Å². The Kier molecular flexibility index (Phi) is 4.19. The van der Waals surface area contributed by atoms with Crippen molar-refractivity contribution in [3.63, 3.8) is 0 Å². The number of aryl methyl sites for hydroxylation is 2. The van der Waals surface area contributed by atoms with Gasteiger partial charge in [0.1, 0.15) is 5.76 Å². The molecule has 0 aliphatic heterocycles. The largest absolute Gasteiger partial charge is 0.451 e. The number of rotatable bonds is 4. The second kappa shape index (κ2) is 6.50. The number of hydrogen-bond acceptors (Lipinski definition) is 2. The van der Waals surface area contributed by atoms with Crippen LogP contribution in [-0.2, 0) is 0 Å². The lowest BCUT2D eigenvalue weighted by Gasteiger charge is -2.59. The molecular formula is C25H31NO2. The van der Waals surface area contributed by atoms with E-state index in [0.29, 0.717) is 11.2 Å². The van der Waals surface area contributed by atoms with Crippen LogP contribution in [0.5, 0.6) is 0 Å². The standard InChI is InChI=1S/C25H31NO2/c1-15-4-5-21(8-16(15)2)22-6-7-23(28-22)24(27)26-17(3)25-12-18-9-19(13-25)11-20(10-18)14-25/h4-8,17-20H,9-14H2,1-3H3,(H,26,27)/t17-,18?,19?,20?,25?/m1/s1. The summed E-state index contributed by atoms with van der Waals surface area (Å²) in [6.45, 7) is 6.42. The number of nitrogens with one attached hydrogen (secondary N) is 1. The van der Waals surface area contributed by atoms with Crippen molar-refractivity contribution in [3.05, 3.63) is 47.2 Å². The fourth-order valence-corrected chi connectivity index (χ4v) is 6.64. The van der Waals surface area contributed by atoms with E-state index in [2.05, 4.69) is 44.3 Å². The van der Waals surface area contributed by atoms with Gasteiger partial charge in [-0.05, 0) is 112 Å². The van der Waals surface area contributed by atoms with E-state index in [1.165, 1.54) is 49.7 Å². The molecule has 0 unspecified atom stereocenters. The van der Waals surface area contributed by atoms with E-state index in [1.54, 1.807) is 0 Å². The van der Waals surface area contributed by atoms with Crippen molar-refractivity contribution in [2.24, 2.45) is 23.2 Å². The lowest BCUT2D eigenvalue weighted by atomic mass is 9.48. The maximum Gasteiger partial charge on any atom is 0.287 e. The molecule has 1 heterocycles. The summed E-state index contributed by atoms with van der Waals surface area (Å²) < 4.78 is 5.93. The third-order valence-electron chi connectivity index (χ3n) is 7.97. The molecule has 1 aromatic carbocycles. The molecule has 4 bridgehead atoms. The van der Waals surface area contributed by atoms with Crippen molar-refractivity contribution in [2.45, 2.75) is 65.3 Å². The maximum absolute atomic E-state index is 12.9. The van der Waals surface area contributed by atoms with Gasteiger partial charge in [0.2, 0.25) is 0 Å². The molecule has 1 aromatic heterocycles. The Balaban J connectivity index is 1.31. The summed E-state index contributed by atoms with van der Waals surface area (Å²) >= 11 is 0. The van der Waals surface area contributed by atoms with Crippen molar-refractivity contribution in [3.8, 4) is 11.3 Å². The van der Waals surface area contributed by atoms with E-state index < -0.39 is 0 Å². The van der Waals surface area contributed by atoms with Crippen LogP contribution >= 0.6 is 0 Å². The van der Waals surface area contributed by atoms with Crippen molar-refractivity contribution in [2.75, 3.05) is 0 Å². The van der Waals surface area contributed by atoms with E-state index >= 15 is 0 Å². The van der Waals surface area contributed by atoms with Gasteiger partial charge in [-0.15, -0.1) is 0 Å². The summed E-state index contributed by atoms with van der Waals surface area (Å²) in [6, 6.07) is 10.2. The molecule has 4 fully saturated rings. The van der Waals surface area contributed by atoms with Gasteiger partial charge >= 0.3 is 0 Å². The summed E-state index contributed by atoms with van der Waals surface area (Å²) in [6.07, 6.45) is 8.18. The number of amides is 1. The zero-order valence-electron chi connectivity index (χ0n) is 17.3. The Hall–Kier alpha value is -2.03. The Labute approximate surface area is 167 Å². The normalized spacial score (nSPS) is 31.8. The van der Waals surface area contributed by atoms with Gasteiger partial charge in [-0.25, -0.2) is 0 Å². The predicted octanol–water partition coefficient (Wildman–Crippen LogP) is 5.90. The topological polar surface area (TPSA) is 42.2 Å². The van der Waals surface area contributed by atoms with Gasteiger partial charge in [-0.2, -0.15) is 0 Å². The third-order valence-corrected chi connectivity index (χ3v) is 7.97. The zero-order valence-corrected chi connectivity index (χ0v) is 17.3. The summed E-state index contributed by atoms with van der Waals surface area (Å²) in [4.78, 5) is 12.9. The smallest absolute Gasteiger partial charge is 0.287 e. The summed E-state index contributed by atoms with van der Waals surface area (Å²) in [5.41, 5.74) is 3.83. The molecule has 1 N–H and O–H groups in total. The average molecular weight is 378 g/mol. The molecule has 148 valence electrons. The van der Waals surface area contributed by atoms with Crippen LogP contribution in [0.4, 0.5) is 0 Å². The van der Waals surface area contributed by atoms with Gasteiger partial charge in [0.25, 0.3) is 5.91 Å². The van der Waals surface area contributed by atoms with Crippen LogP contribution in [0.15, 0.2) is 34.7 Å². The molecule has 0 saturated heterocycles. The SMILES string of the molecule is Cc1ccc(-c2ccc(C(=O)N[C@H](C)C34CC5CC(CC(C5)C3)C4)o2)cc1C. The zero-order chi connectivity index (χ0) is 19.5. The second-order valence-corrected chi connectivity index (χ2v) is 9.94. The van der Waals surface area contributed by atoms with Crippen molar-refractivity contribution >= 4 is 5.91 Å². The minimum absolute atomic E-state index is 0.0710. The van der Waals surface area contributed by atoms with Gasteiger partial charge < -0.3 is 9.73 Å². The van der Waals surface area contributed by atoms with Crippen molar-refractivity contribution < 1.29 is 9.21 Å². The number of carbonyl (C=O) groups excluding carboxylic acids is 1. The Morgan fingerprint density at radius 3 is 2.25 bits per heavy atom. The predicted molar refractivity (Wildman–Crippen MR) is 111 cm³/mol. The molecule has 4 aliphatic rings. The highest BCUT2D eigenvalue weighted by atomic mass is 16.3. The van der Waals surface area contributed by atoms with Crippen LogP contribution < -0.4 is 5.32 Å². The first-order valence-electron chi connectivity index (χ1n) is 10.9. The maximum atomic E-state index is 12.9. The van der Waals surface area contributed by atoms with Gasteiger partial charge in [0, 0.05) is 11.6 Å². The third kappa shape index (κ3) is 3.00. The highest BCUT2D eigenvalue weighted by Gasteiger charge is 2.53. The van der Waals surface area contributed by atoms with E-state index in [9.17, 15) is 4.79 Å². The molecule has 4 saturated carbocycles. The van der Waals surface area contributed by atoms with Crippen LogP contribution in [0.3, 0.4) is 0 Å². The lowest BCUT2D eigenvalue weighted by molar-refractivity contribution is -0.0688. The molecule has 3 nitrogen and oxygen atoms in total. The number of carbonyl (C=O) groups is 1. The molecule has 2 aromatic rings. The van der Waals surface area contributed by atoms with Crippen LogP contribution in [0.1, 0.15) is 67.1 Å². The molecule has 4 aliphatic carbocycles. The summed E-state index contributed by atoms with van der Waals surface area (Å²) in [5, 5.41) is 3.31. The Bertz CT molecular complexity index is 874. The first-order valence-corrected chi connectivity index (χ1v) is 10.9. The highest BCUT2D eigenvalue weighted by molar-refractivity contribution is 5.92. The molecule has 1 atom stereocenters. The molecule has 0 spiro atoms. The fourth-order valence-electron chi connectivity index (χ4n) is 6.64. The van der Waals surface area contributed by atoms with E-state index in [4.69, 9.17) is 4.42 Å². The van der Waals surface area contributed by atoms with Crippen LogP contribution in [0, 0.1) is 37.0 Å². The monoisotopic (exact) mass is 377 g/mol. The van der Waals surface area contributed by atoms with Crippen LogP contribution in [0.2, 0.25) is 0 Å². The average Bonchev–Trinajstić information content (AvgIpc) is 3.13. The molecule has 28 heavy (non-hydrogen) atoms. The Morgan fingerprint density at radius 2 is 1.64 bits per heavy atom. The van der Waals surface area contributed by atoms with Gasteiger partial charge in [0.15, 0.2) is 5.76 Å². The minimum Gasteiger partial charge on any atom is -0.451 e. The Morgan fingerprint density at radius 1 is 1.00 bits per heavy atom. The second-order valence-electron chi connectivity index (χ2n) is 9.94. The quantitative estimate of drug-likeness (QED) is 0.721. The van der Waals surface area contributed by atoms with Gasteiger partial charge in [-0.3, -0.25) is 4.79 Å². The van der Waals surface area contributed by atoms with E-state index in [-0.39, 0.29) is 11.9 Å². The molecule has 0 radical (unpaired) electrons. The highest BCUT2D eigenvalue weighted by Crippen LogP contribution is 2.61. The molecular weight excluding hydrogens is 346 g/mol. The van der Waals surface area contributed by atoms with Crippen molar-refractivity contribution in [1.82, 2.24) is 5.32 Å². The molecule has 1 amide bonds. The van der Waals surface area contributed by atoms with Gasteiger partial charge in [0.05, 0.1) is 0 Å². The first-order chi connectivity index (χ1) is 13.4. The van der Waals surface area contributed by atoms with E-state index in [0.717, 1.165) is 29.1 Å². The molecule has 6 rings (SSSR count). The number of hydrogen-bond donors (Lipinski definition) is 1. The number of furan rings is 1. The summed E-state index contributed by atoms with van der Waals surface area (Å²) in [5.74, 6) is 3.79. The lowest BCUT2D eigenvalue weighted by Crippen LogP contribution is -2.55. The summed E-state index contributed by atoms with van der Waals surface area (Å²) in [7, 11) is 0. The first kappa shape index (κ1) is 18.0. The molecule has 3 heteroatoms. The number of benzene rings is 1. The van der Waals surface area contributed by atoms with E-state index in [1.807, 2.05) is 12.1 Å². The minimum atomic E-state index is -0.0710. The fraction of sp³-hybridized carbons (Fsp3) is 0.560. The van der Waals surface area contributed by atoms with Crippen molar-refractivity contribution in [1.29, 1.82) is 0 Å².